The van der Waals surface area contributed by atoms with E-state index >= 15 is 0 Å². The van der Waals surface area contributed by atoms with Crippen molar-refractivity contribution in [1.29, 1.82) is 0 Å². The van der Waals surface area contributed by atoms with E-state index < -0.39 is 0 Å². The van der Waals surface area contributed by atoms with E-state index in [0.29, 0.717) is 5.92 Å². The zero-order chi connectivity index (χ0) is 13.4. The molecule has 2 aromatic carbocycles. The van der Waals surface area contributed by atoms with Gasteiger partial charge >= 0.3 is 0 Å². The second kappa shape index (κ2) is 4.70. The molecule has 19 heavy (non-hydrogen) atoms. The molecule has 2 aromatic rings. The normalized spacial score (nSPS) is 13.6. The predicted octanol–water partition coefficient (Wildman–Crippen LogP) is 5.44. The summed E-state index contributed by atoms with van der Waals surface area (Å²) in [7, 11) is 0. The van der Waals surface area contributed by atoms with Gasteiger partial charge in [-0.05, 0) is 47.1 Å². The lowest BCUT2D eigenvalue weighted by Gasteiger charge is -2.17. The predicted molar refractivity (Wildman–Crippen MR) is 83.3 cm³/mol. The summed E-state index contributed by atoms with van der Waals surface area (Å²) in [5.74, 6) is 0.551. The summed E-state index contributed by atoms with van der Waals surface area (Å²) in [6.45, 7) is 6.78. The first-order chi connectivity index (χ1) is 9.16. The van der Waals surface area contributed by atoms with Crippen LogP contribution < -0.4 is 0 Å². The van der Waals surface area contributed by atoms with Crippen molar-refractivity contribution in [2.45, 2.75) is 33.1 Å². The SMILES string of the molecule is CC1=Cc2c(ccc(C(C)C)c2-c2ccccc2)C1. The van der Waals surface area contributed by atoms with Crippen molar-refractivity contribution < 1.29 is 0 Å². The Balaban J connectivity index is 2.29. The van der Waals surface area contributed by atoms with Crippen molar-refractivity contribution >= 4 is 6.08 Å². The molecule has 0 heterocycles. The fourth-order valence-corrected chi connectivity index (χ4v) is 3.00. The first-order valence-electron chi connectivity index (χ1n) is 7.05. The van der Waals surface area contributed by atoms with E-state index in [1.54, 1.807) is 0 Å². The van der Waals surface area contributed by atoms with Crippen LogP contribution in [0, 0.1) is 0 Å². The Kier molecular flexibility index (Phi) is 3.02. The van der Waals surface area contributed by atoms with Crippen LogP contribution in [0.2, 0.25) is 0 Å². The minimum atomic E-state index is 0.551. The van der Waals surface area contributed by atoms with Crippen LogP contribution >= 0.6 is 0 Å². The van der Waals surface area contributed by atoms with E-state index in [2.05, 4.69) is 69.3 Å². The third kappa shape index (κ3) is 2.12. The maximum Gasteiger partial charge on any atom is -0.00604 e. The van der Waals surface area contributed by atoms with Gasteiger partial charge in [0, 0.05) is 0 Å². The minimum absolute atomic E-state index is 0.551. The van der Waals surface area contributed by atoms with Crippen molar-refractivity contribution in [3.63, 3.8) is 0 Å². The molecule has 0 spiro atoms. The van der Waals surface area contributed by atoms with Gasteiger partial charge in [-0.3, -0.25) is 0 Å². The van der Waals surface area contributed by atoms with Crippen molar-refractivity contribution in [2.24, 2.45) is 0 Å². The molecule has 0 heteroatoms. The van der Waals surface area contributed by atoms with Crippen LogP contribution in [-0.4, -0.2) is 0 Å². The van der Waals surface area contributed by atoms with E-state index in [1.165, 1.54) is 33.4 Å². The van der Waals surface area contributed by atoms with Gasteiger partial charge < -0.3 is 0 Å². The Morgan fingerprint density at radius 2 is 1.68 bits per heavy atom. The Labute approximate surface area is 115 Å². The number of allylic oxidation sites excluding steroid dienone is 1. The molecule has 0 amide bonds. The molecule has 0 fully saturated rings. The molecule has 0 aromatic heterocycles. The van der Waals surface area contributed by atoms with Gasteiger partial charge in [0.25, 0.3) is 0 Å². The first-order valence-corrected chi connectivity index (χ1v) is 7.05. The molecular weight excluding hydrogens is 228 g/mol. The Morgan fingerprint density at radius 1 is 0.947 bits per heavy atom. The van der Waals surface area contributed by atoms with Crippen LogP contribution in [0.25, 0.3) is 17.2 Å². The minimum Gasteiger partial charge on any atom is -0.0683 e. The highest BCUT2D eigenvalue weighted by Gasteiger charge is 2.19. The molecule has 0 saturated carbocycles. The van der Waals surface area contributed by atoms with Gasteiger partial charge in [0.05, 0.1) is 0 Å². The quantitative estimate of drug-likeness (QED) is 0.664. The van der Waals surface area contributed by atoms with E-state index in [0.717, 1.165) is 6.42 Å². The third-order valence-corrected chi connectivity index (χ3v) is 3.91. The highest BCUT2D eigenvalue weighted by molar-refractivity contribution is 5.83. The summed E-state index contributed by atoms with van der Waals surface area (Å²) >= 11 is 0. The molecule has 1 aliphatic carbocycles. The van der Waals surface area contributed by atoms with E-state index in [-0.39, 0.29) is 0 Å². The molecular formula is C19H20. The average Bonchev–Trinajstić information content (AvgIpc) is 2.78. The average molecular weight is 248 g/mol. The van der Waals surface area contributed by atoms with Crippen LogP contribution in [0.3, 0.4) is 0 Å². The fraction of sp³-hybridized carbons (Fsp3) is 0.263. The second-order valence-electron chi connectivity index (χ2n) is 5.79. The molecule has 96 valence electrons. The number of benzene rings is 2. The molecule has 0 nitrogen and oxygen atoms in total. The largest absolute Gasteiger partial charge is 0.0683 e. The molecule has 1 aliphatic rings. The van der Waals surface area contributed by atoms with E-state index in [1.807, 2.05) is 0 Å². The van der Waals surface area contributed by atoms with Crippen LogP contribution in [0.1, 0.15) is 43.4 Å². The Morgan fingerprint density at radius 3 is 2.37 bits per heavy atom. The van der Waals surface area contributed by atoms with Gasteiger partial charge in [0.15, 0.2) is 0 Å². The van der Waals surface area contributed by atoms with E-state index in [4.69, 9.17) is 0 Å². The fourth-order valence-electron chi connectivity index (χ4n) is 3.00. The summed E-state index contributed by atoms with van der Waals surface area (Å²) in [6, 6.07) is 15.4. The zero-order valence-corrected chi connectivity index (χ0v) is 11.9. The molecule has 0 radical (unpaired) electrons. The highest BCUT2D eigenvalue weighted by atomic mass is 14.2. The third-order valence-electron chi connectivity index (χ3n) is 3.91. The maximum atomic E-state index is 2.36. The molecule has 0 saturated heterocycles. The maximum absolute atomic E-state index is 2.36. The van der Waals surface area contributed by atoms with Crippen molar-refractivity contribution in [3.05, 3.63) is 64.7 Å². The summed E-state index contributed by atoms with van der Waals surface area (Å²) in [5, 5.41) is 0. The van der Waals surface area contributed by atoms with Gasteiger partial charge in [-0.25, -0.2) is 0 Å². The lowest BCUT2D eigenvalue weighted by Crippen LogP contribution is -1.97. The topological polar surface area (TPSA) is 0 Å². The smallest absolute Gasteiger partial charge is 0.00604 e. The summed E-state index contributed by atoms with van der Waals surface area (Å²) in [4.78, 5) is 0. The molecule has 3 rings (SSSR count). The van der Waals surface area contributed by atoms with Crippen LogP contribution in [0.4, 0.5) is 0 Å². The van der Waals surface area contributed by atoms with Crippen molar-refractivity contribution in [3.8, 4) is 11.1 Å². The lowest BCUT2D eigenvalue weighted by atomic mass is 9.87. The standard InChI is InChI=1S/C19H20/c1-13(2)17-10-9-16-11-14(3)12-18(16)19(17)15-7-5-4-6-8-15/h4-10,12-13H,11H2,1-3H3. The summed E-state index contributed by atoms with van der Waals surface area (Å²) < 4.78 is 0. The molecule has 0 bridgehead atoms. The Bertz CT molecular complexity index is 631. The monoisotopic (exact) mass is 248 g/mol. The highest BCUT2D eigenvalue weighted by Crippen LogP contribution is 2.39. The molecule has 0 atom stereocenters. The summed E-state index contributed by atoms with van der Waals surface area (Å²) in [6.07, 6.45) is 3.47. The second-order valence-corrected chi connectivity index (χ2v) is 5.79. The van der Waals surface area contributed by atoms with Gasteiger partial charge in [-0.15, -0.1) is 0 Å². The van der Waals surface area contributed by atoms with Crippen LogP contribution in [0.5, 0.6) is 0 Å². The van der Waals surface area contributed by atoms with Crippen LogP contribution in [0.15, 0.2) is 48.0 Å². The van der Waals surface area contributed by atoms with Crippen LogP contribution in [-0.2, 0) is 6.42 Å². The first kappa shape index (κ1) is 12.2. The summed E-state index contributed by atoms with van der Waals surface area (Å²) in [5.41, 5.74) is 8.61. The lowest BCUT2D eigenvalue weighted by molar-refractivity contribution is 0.867. The number of rotatable bonds is 2. The molecule has 0 aliphatic heterocycles. The number of fused-ring (bicyclic) bond motifs is 1. The van der Waals surface area contributed by atoms with Gasteiger partial charge in [-0.1, -0.05) is 68.0 Å². The Hall–Kier alpha value is -1.82. The van der Waals surface area contributed by atoms with Crippen molar-refractivity contribution in [2.75, 3.05) is 0 Å². The van der Waals surface area contributed by atoms with Gasteiger partial charge in [0.2, 0.25) is 0 Å². The molecule has 0 unspecified atom stereocenters. The zero-order valence-electron chi connectivity index (χ0n) is 11.9. The van der Waals surface area contributed by atoms with Crippen molar-refractivity contribution in [1.82, 2.24) is 0 Å². The number of hydrogen-bond donors (Lipinski definition) is 0. The molecule has 0 N–H and O–H groups in total. The van der Waals surface area contributed by atoms with Gasteiger partial charge in [0.1, 0.15) is 0 Å². The van der Waals surface area contributed by atoms with E-state index in [9.17, 15) is 0 Å². The van der Waals surface area contributed by atoms with Gasteiger partial charge in [-0.2, -0.15) is 0 Å². The number of hydrogen-bond acceptors (Lipinski definition) is 0.